The fraction of sp³-hybridized carbons (Fsp3) is 0.529. The Labute approximate surface area is 153 Å². The number of aliphatic hydroxyl groups excluding tert-OH is 1. The molecule has 26 heavy (non-hydrogen) atoms. The molecule has 2 atom stereocenters. The largest absolute Gasteiger partial charge is 0.465 e. The molecule has 0 saturated heterocycles. The molecular weight excluding hydrogens is 362 g/mol. The van der Waals surface area contributed by atoms with Gasteiger partial charge in [0.2, 0.25) is 0 Å². The first-order valence-corrected chi connectivity index (χ1v) is 9.74. The molecule has 0 aromatic heterocycles. The van der Waals surface area contributed by atoms with E-state index in [2.05, 4.69) is 5.32 Å². The molecule has 0 amide bonds. The van der Waals surface area contributed by atoms with Crippen LogP contribution in [0.3, 0.4) is 0 Å². The van der Waals surface area contributed by atoms with Gasteiger partial charge in [-0.25, -0.2) is 8.42 Å². The van der Waals surface area contributed by atoms with Gasteiger partial charge in [-0.1, -0.05) is 12.1 Å². The first kappa shape index (κ1) is 22.1. The third kappa shape index (κ3) is 7.11. The molecule has 9 heteroatoms. The summed E-state index contributed by atoms with van der Waals surface area (Å²) in [6.45, 7) is 2.44. The molecule has 0 bridgehead atoms. The van der Waals surface area contributed by atoms with Crippen LogP contribution in [0.25, 0.3) is 0 Å². The quantitative estimate of drug-likeness (QED) is 0.556. The summed E-state index contributed by atoms with van der Waals surface area (Å²) < 4.78 is 34.2. The summed E-state index contributed by atoms with van der Waals surface area (Å²) in [6, 6.07) is 6.33. The molecule has 146 valence electrons. The van der Waals surface area contributed by atoms with Gasteiger partial charge in [-0.3, -0.25) is 9.59 Å². The standard InChI is InChI=1S/C17H25NO7S/c1-12(18-3)15-4-6-16(7-5-15)26(22,23)11-17(21)25-10-14(8-19)9-24-13(2)20/h4-7,12,14,18-19H,8-11H2,1-3H3/t12-,14?/m1/s1. The van der Waals surface area contributed by atoms with Gasteiger partial charge in [0.1, 0.15) is 0 Å². The zero-order valence-corrected chi connectivity index (χ0v) is 15.9. The van der Waals surface area contributed by atoms with E-state index in [1.807, 2.05) is 6.92 Å². The number of aliphatic hydroxyl groups is 1. The van der Waals surface area contributed by atoms with Gasteiger partial charge in [0, 0.05) is 13.0 Å². The van der Waals surface area contributed by atoms with Crippen LogP contribution in [0.5, 0.6) is 0 Å². The lowest BCUT2D eigenvalue weighted by Gasteiger charge is -2.14. The molecule has 2 N–H and O–H groups in total. The second-order valence-corrected chi connectivity index (χ2v) is 7.86. The maximum Gasteiger partial charge on any atom is 0.321 e. The summed E-state index contributed by atoms with van der Waals surface area (Å²) in [5, 5.41) is 12.2. The highest BCUT2D eigenvalue weighted by Gasteiger charge is 2.22. The molecule has 1 aromatic carbocycles. The van der Waals surface area contributed by atoms with Crippen molar-refractivity contribution >= 4 is 21.8 Å². The zero-order valence-electron chi connectivity index (χ0n) is 15.1. The predicted molar refractivity (Wildman–Crippen MR) is 94.1 cm³/mol. The lowest BCUT2D eigenvalue weighted by Crippen LogP contribution is -2.26. The molecule has 8 nitrogen and oxygen atoms in total. The van der Waals surface area contributed by atoms with Crippen LogP contribution in [0.15, 0.2) is 29.2 Å². The number of benzene rings is 1. The van der Waals surface area contributed by atoms with Crippen molar-refractivity contribution in [3.63, 3.8) is 0 Å². The zero-order chi connectivity index (χ0) is 19.7. The fourth-order valence-corrected chi connectivity index (χ4v) is 3.12. The van der Waals surface area contributed by atoms with Crippen molar-refractivity contribution in [2.75, 3.05) is 32.6 Å². The minimum atomic E-state index is -3.83. The van der Waals surface area contributed by atoms with Gasteiger partial charge < -0.3 is 19.9 Å². The Bertz CT molecular complexity index is 700. The van der Waals surface area contributed by atoms with Crippen molar-refractivity contribution in [1.82, 2.24) is 5.32 Å². The second-order valence-electron chi connectivity index (χ2n) is 5.87. The SMILES string of the molecule is CN[C@H](C)c1ccc(S(=O)(=O)CC(=O)OCC(CO)COC(C)=O)cc1. The van der Waals surface area contributed by atoms with Crippen molar-refractivity contribution in [3.8, 4) is 0 Å². The highest BCUT2D eigenvalue weighted by atomic mass is 32.2. The van der Waals surface area contributed by atoms with Crippen LogP contribution in [-0.2, 0) is 28.9 Å². The third-order valence-corrected chi connectivity index (χ3v) is 5.35. The van der Waals surface area contributed by atoms with E-state index in [9.17, 15) is 18.0 Å². The van der Waals surface area contributed by atoms with Crippen LogP contribution in [-0.4, -0.2) is 58.1 Å². The van der Waals surface area contributed by atoms with Gasteiger partial charge >= 0.3 is 11.9 Å². The van der Waals surface area contributed by atoms with Gasteiger partial charge in [-0.2, -0.15) is 0 Å². The minimum Gasteiger partial charge on any atom is -0.465 e. The first-order chi connectivity index (χ1) is 12.2. The molecule has 0 fully saturated rings. The topological polar surface area (TPSA) is 119 Å². The van der Waals surface area contributed by atoms with E-state index < -0.39 is 33.4 Å². The number of sulfone groups is 1. The number of carbonyl (C=O) groups excluding carboxylic acids is 2. The Kier molecular flexibility index (Phi) is 8.70. The number of hydrogen-bond acceptors (Lipinski definition) is 8. The predicted octanol–water partition coefficient (Wildman–Crippen LogP) is 0.456. The monoisotopic (exact) mass is 387 g/mol. The molecule has 0 aliphatic rings. The van der Waals surface area contributed by atoms with E-state index in [1.54, 1.807) is 19.2 Å². The maximum absolute atomic E-state index is 12.3. The average Bonchev–Trinajstić information content (AvgIpc) is 2.60. The minimum absolute atomic E-state index is 0.0279. The number of hydrogen-bond donors (Lipinski definition) is 2. The van der Waals surface area contributed by atoms with Crippen molar-refractivity contribution in [3.05, 3.63) is 29.8 Å². The smallest absolute Gasteiger partial charge is 0.321 e. The third-order valence-electron chi connectivity index (χ3n) is 3.74. The normalized spacial score (nSPS) is 13.7. The molecule has 0 aliphatic heterocycles. The summed E-state index contributed by atoms with van der Waals surface area (Å²) in [4.78, 5) is 22.6. The molecule has 0 spiro atoms. The second kappa shape index (κ2) is 10.2. The van der Waals surface area contributed by atoms with Crippen LogP contribution in [0.1, 0.15) is 25.5 Å². The van der Waals surface area contributed by atoms with Gasteiger partial charge in [0.25, 0.3) is 0 Å². The lowest BCUT2D eigenvalue weighted by molar-refractivity contribution is -0.146. The van der Waals surface area contributed by atoms with Crippen molar-refractivity contribution in [1.29, 1.82) is 0 Å². The summed E-state index contributed by atoms with van der Waals surface area (Å²) in [6.07, 6.45) is 0. The van der Waals surface area contributed by atoms with E-state index >= 15 is 0 Å². The fourth-order valence-electron chi connectivity index (χ4n) is 2.01. The molecule has 0 aliphatic carbocycles. The molecule has 1 rings (SSSR count). The molecule has 0 heterocycles. The van der Waals surface area contributed by atoms with E-state index in [0.29, 0.717) is 0 Å². The highest BCUT2D eigenvalue weighted by Crippen LogP contribution is 2.17. The number of rotatable bonds is 10. The summed E-state index contributed by atoms with van der Waals surface area (Å²) in [7, 11) is -2.03. The first-order valence-electron chi connectivity index (χ1n) is 8.09. The van der Waals surface area contributed by atoms with Gasteiger partial charge in [0.05, 0.1) is 30.6 Å². The maximum atomic E-state index is 12.3. The number of carbonyl (C=O) groups is 2. The van der Waals surface area contributed by atoms with Crippen molar-refractivity contribution in [2.24, 2.45) is 5.92 Å². The molecule has 1 unspecified atom stereocenters. The van der Waals surface area contributed by atoms with Crippen LogP contribution < -0.4 is 5.32 Å². The summed E-state index contributed by atoms with van der Waals surface area (Å²) in [5.41, 5.74) is 0.922. The van der Waals surface area contributed by atoms with Crippen molar-refractivity contribution < 1.29 is 32.6 Å². The van der Waals surface area contributed by atoms with E-state index in [4.69, 9.17) is 14.6 Å². The summed E-state index contributed by atoms with van der Waals surface area (Å²) in [5.74, 6) is -2.86. The Hall–Kier alpha value is -1.97. The summed E-state index contributed by atoms with van der Waals surface area (Å²) >= 11 is 0. The molecule has 0 saturated carbocycles. The molecule has 1 aromatic rings. The Morgan fingerprint density at radius 1 is 1.15 bits per heavy atom. The van der Waals surface area contributed by atoms with Crippen LogP contribution in [0, 0.1) is 5.92 Å². The Morgan fingerprint density at radius 2 is 1.73 bits per heavy atom. The van der Waals surface area contributed by atoms with E-state index in [0.717, 1.165) is 5.56 Å². The Morgan fingerprint density at radius 3 is 2.23 bits per heavy atom. The van der Waals surface area contributed by atoms with E-state index in [1.165, 1.54) is 19.1 Å². The van der Waals surface area contributed by atoms with Crippen LogP contribution >= 0.6 is 0 Å². The number of nitrogens with one attached hydrogen (secondary N) is 1. The number of ether oxygens (including phenoxy) is 2. The van der Waals surface area contributed by atoms with Gasteiger partial charge in [-0.05, 0) is 31.7 Å². The number of esters is 2. The van der Waals surface area contributed by atoms with Crippen molar-refractivity contribution in [2.45, 2.75) is 24.8 Å². The van der Waals surface area contributed by atoms with Crippen LogP contribution in [0.4, 0.5) is 0 Å². The van der Waals surface area contributed by atoms with Gasteiger partial charge in [0.15, 0.2) is 15.6 Å². The average molecular weight is 387 g/mol. The van der Waals surface area contributed by atoms with Crippen LogP contribution in [0.2, 0.25) is 0 Å². The van der Waals surface area contributed by atoms with Gasteiger partial charge in [-0.15, -0.1) is 0 Å². The lowest BCUT2D eigenvalue weighted by atomic mass is 10.1. The Balaban J connectivity index is 2.62. The molecule has 0 radical (unpaired) electrons. The van der Waals surface area contributed by atoms with E-state index in [-0.39, 0.29) is 30.8 Å². The molecular formula is C17H25NO7S. The highest BCUT2D eigenvalue weighted by molar-refractivity contribution is 7.92.